The fourth-order valence-corrected chi connectivity index (χ4v) is 7.20. The zero-order valence-corrected chi connectivity index (χ0v) is 26.7. The molecule has 10 nitrogen and oxygen atoms in total. The van der Waals surface area contributed by atoms with Crippen LogP contribution < -0.4 is 15.8 Å². The number of nitrogens with two attached hydrogens (primary N) is 1. The number of rotatable bonds is 17. The number of aliphatic hydroxyl groups is 2. The van der Waals surface area contributed by atoms with Crippen molar-refractivity contribution in [1.29, 1.82) is 0 Å². The molecule has 1 fully saturated rings. The Morgan fingerprint density at radius 2 is 1.73 bits per heavy atom. The van der Waals surface area contributed by atoms with Crippen LogP contribution in [0.5, 0.6) is 0 Å². The van der Waals surface area contributed by atoms with Crippen LogP contribution in [-0.2, 0) is 26.0 Å². The molecule has 1 saturated carbocycles. The Labute approximate surface area is 258 Å². The van der Waals surface area contributed by atoms with Gasteiger partial charge < -0.3 is 26.2 Å². The molecule has 0 heterocycles. The highest BCUT2D eigenvalue weighted by Gasteiger charge is 2.50. The van der Waals surface area contributed by atoms with Gasteiger partial charge in [-0.2, -0.15) is 0 Å². The van der Waals surface area contributed by atoms with Crippen LogP contribution in [0.3, 0.4) is 0 Å². The first-order valence-electron chi connectivity index (χ1n) is 15.1. The molecule has 44 heavy (non-hydrogen) atoms. The van der Waals surface area contributed by atoms with Crippen molar-refractivity contribution in [3.8, 4) is 0 Å². The minimum absolute atomic E-state index is 0.00132. The van der Waals surface area contributed by atoms with Crippen LogP contribution in [0.15, 0.2) is 40.8 Å². The van der Waals surface area contributed by atoms with E-state index in [1.54, 1.807) is 4.90 Å². The molecule has 6 N–H and O–H groups in total. The van der Waals surface area contributed by atoms with Crippen molar-refractivity contribution in [2.75, 3.05) is 26.2 Å². The molecule has 2 aliphatic carbocycles. The van der Waals surface area contributed by atoms with Gasteiger partial charge in [0.15, 0.2) is 0 Å². The summed E-state index contributed by atoms with van der Waals surface area (Å²) in [6.07, 6.45) is 3.49. The van der Waals surface area contributed by atoms with E-state index in [2.05, 4.69) is 10.0 Å². The van der Waals surface area contributed by atoms with Crippen molar-refractivity contribution >= 4 is 21.8 Å². The molecule has 1 aromatic rings. The topological polar surface area (TPSA) is 162 Å². The third-order valence-corrected chi connectivity index (χ3v) is 9.70. The molecule has 1 unspecified atom stereocenters. The summed E-state index contributed by atoms with van der Waals surface area (Å²) in [7, 11) is -4.46. The number of nitrogens with one attached hydrogen (secondary N) is 2. The number of benzene rings is 1. The first-order chi connectivity index (χ1) is 20.6. The Balaban J connectivity index is 2.24. The Bertz CT molecular complexity index is 1350. The average Bonchev–Trinajstić information content (AvgIpc) is 3.77. The zero-order valence-electron chi connectivity index (χ0n) is 25.9. The van der Waals surface area contributed by atoms with Gasteiger partial charge in [0.25, 0.3) is 0 Å². The summed E-state index contributed by atoms with van der Waals surface area (Å²) in [6, 6.07) is 3.02. The van der Waals surface area contributed by atoms with Crippen molar-refractivity contribution in [2.45, 2.75) is 83.9 Å². The van der Waals surface area contributed by atoms with E-state index in [1.807, 2.05) is 13.8 Å². The number of carbonyl (C=O) groups excluding carboxylic acids is 2. The summed E-state index contributed by atoms with van der Waals surface area (Å²) in [5, 5.41) is 24.5. The van der Waals surface area contributed by atoms with Crippen molar-refractivity contribution in [1.82, 2.24) is 14.9 Å². The highest BCUT2D eigenvalue weighted by atomic mass is 32.2. The number of halogens is 2. The van der Waals surface area contributed by atoms with Crippen LogP contribution in [0.1, 0.15) is 65.4 Å². The van der Waals surface area contributed by atoms with Gasteiger partial charge in [-0.05, 0) is 82.2 Å². The predicted molar refractivity (Wildman–Crippen MR) is 163 cm³/mol. The molecule has 0 aliphatic heterocycles. The molecule has 3 rings (SSSR count). The molecule has 2 aliphatic rings. The lowest BCUT2D eigenvalue weighted by atomic mass is 9.64. The van der Waals surface area contributed by atoms with Crippen molar-refractivity contribution in [3.63, 3.8) is 0 Å². The van der Waals surface area contributed by atoms with E-state index >= 15 is 0 Å². The summed E-state index contributed by atoms with van der Waals surface area (Å²) >= 11 is 0. The summed E-state index contributed by atoms with van der Waals surface area (Å²) in [5.74, 6) is -4.40. The predicted octanol–water partition coefficient (Wildman–Crippen LogP) is 2.26. The van der Waals surface area contributed by atoms with E-state index in [0.29, 0.717) is 32.0 Å². The van der Waals surface area contributed by atoms with E-state index < -0.39 is 68.0 Å². The Morgan fingerprint density at radius 3 is 2.23 bits per heavy atom. The Hall–Kier alpha value is -2.71. The quantitative estimate of drug-likeness (QED) is 0.175. The summed E-state index contributed by atoms with van der Waals surface area (Å²) in [4.78, 5) is 28.6. The molecule has 0 saturated heterocycles. The minimum atomic E-state index is -4.46. The normalized spacial score (nSPS) is 20.5. The van der Waals surface area contributed by atoms with Crippen LogP contribution in [0.4, 0.5) is 8.78 Å². The number of nitrogens with zero attached hydrogens (tertiary/aromatic N) is 1. The first-order valence-corrected chi connectivity index (χ1v) is 16.6. The third-order valence-electron chi connectivity index (χ3n) is 8.02. The molecule has 2 amide bonds. The van der Waals surface area contributed by atoms with E-state index in [0.717, 1.165) is 31.1 Å². The van der Waals surface area contributed by atoms with Gasteiger partial charge in [-0.25, -0.2) is 21.9 Å². The minimum Gasteiger partial charge on any atom is -0.394 e. The first kappa shape index (κ1) is 35.8. The Kier molecular flexibility index (Phi) is 11.9. The number of amides is 2. The number of sulfonamides is 1. The fraction of sp³-hybridized carbons (Fsp3) is 0.613. The molecule has 246 valence electrons. The fourth-order valence-electron chi connectivity index (χ4n) is 5.63. The number of aliphatic hydroxyl groups excluding tert-OH is 2. The van der Waals surface area contributed by atoms with Gasteiger partial charge in [0, 0.05) is 43.2 Å². The maximum atomic E-state index is 14.3. The number of carbonyl (C=O) groups is 2. The van der Waals surface area contributed by atoms with E-state index in [-0.39, 0.29) is 36.6 Å². The van der Waals surface area contributed by atoms with E-state index in [1.165, 1.54) is 19.9 Å². The van der Waals surface area contributed by atoms with Gasteiger partial charge in [0.05, 0.1) is 28.6 Å². The average molecular weight is 641 g/mol. The summed E-state index contributed by atoms with van der Waals surface area (Å²) < 4.78 is 58.4. The summed E-state index contributed by atoms with van der Waals surface area (Å²) in [6.45, 7) is 6.94. The number of hydrogen-bond acceptors (Lipinski definition) is 7. The molecule has 1 aromatic carbocycles. The lowest BCUT2D eigenvalue weighted by Crippen LogP contribution is -2.53. The van der Waals surface area contributed by atoms with Crippen molar-refractivity contribution in [3.05, 3.63) is 58.0 Å². The van der Waals surface area contributed by atoms with Crippen LogP contribution >= 0.6 is 0 Å². The Morgan fingerprint density at radius 1 is 1.14 bits per heavy atom. The van der Waals surface area contributed by atoms with Crippen molar-refractivity contribution in [2.24, 2.45) is 17.1 Å². The molecule has 13 heteroatoms. The molecular weight excluding hydrogens is 594 g/mol. The smallest absolute Gasteiger partial charge is 0.249 e. The molecule has 0 spiro atoms. The lowest BCUT2D eigenvalue weighted by Gasteiger charge is -2.42. The van der Waals surface area contributed by atoms with Gasteiger partial charge in [-0.3, -0.25) is 9.59 Å². The molecule has 0 aromatic heterocycles. The van der Waals surface area contributed by atoms with Crippen LogP contribution in [0, 0.1) is 23.0 Å². The number of allylic oxidation sites excluding steroid dienone is 1. The standard InChI is InChI=1S/C31H46F2N4O6S/c1-5-9-37(10-6-2)28(40)21-14-25(44(42,43)36-30(3,4)19-38)17-31(16-21,29(34)41)26(27(39)18-35-24-7-8-24)13-20-11-22(32)15-23(33)12-20/h11-12,14-15,17,24,26-27,35-36,38-39H,5-10,13,16,18-19H2,1-4H3,(H2,34,41)/t26-,27+,31?/m1/s1. The molecule has 3 atom stereocenters. The monoisotopic (exact) mass is 640 g/mol. The number of primary amides is 1. The van der Waals surface area contributed by atoms with Crippen LogP contribution in [0.2, 0.25) is 0 Å². The zero-order chi connectivity index (χ0) is 32.9. The largest absolute Gasteiger partial charge is 0.394 e. The SMILES string of the molecule is CCCN(CCC)C(=O)C1=CC(S(=O)(=O)NC(C)(C)CO)=CC(C(N)=O)([C@H](Cc2cc(F)cc(F)c2)[C@@H](O)CNC2CC2)C1. The third kappa shape index (κ3) is 8.94. The summed E-state index contributed by atoms with van der Waals surface area (Å²) in [5.41, 5.74) is 2.93. The molecular formula is C31H46F2N4O6S. The van der Waals surface area contributed by atoms with E-state index in [4.69, 9.17) is 5.73 Å². The lowest BCUT2D eigenvalue weighted by molar-refractivity contribution is -0.132. The van der Waals surface area contributed by atoms with Gasteiger partial charge in [-0.1, -0.05) is 13.8 Å². The second-order valence-corrected chi connectivity index (χ2v) is 14.3. The maximum absolute atomic E-state index is 14.3. The van der Waals surface area contributed by atoms with E-state index in [9.17, 15) is 37.0 Å². The van der Waals surface area contributed by atoms with Crippen molar-refractivity contribution < 1.29 is 37.0 Å². The van der Waals surface area contributed by atoms with Crippen LogP contribution in [-0.4, -0.2) is 79.3 Å². The number of hydrogen-bond donors (Lipinski definition) is 5. The highest BCUT2D eigenvalue weighted by molar-refractivity contribution is 7.93. The van der Waals surface area contributed by atoms with Gasteiger partial charge in [0.1, 0.15) is 11.6 Å². The van der Waals surface area contributed by atoms with Gasteiger partial charge >= 0.3 is 0 Å². The van der Waals surface area contributed by atoms with Gasteiger partial charge in [-0.15, -0.1) is 0 Å². The molecule has 0 bridgehead atoms. The second kappa shape index (κ2) is 14.6. The van der Waals surface area contributed by atoms with Gasteiger partial charge in [0.2, 0.25) is 21.8 Å². The maximum Gasteiger partial charge on any atom is 0.249 e. The highest BCUT2D eigenvalue weighted by Crippen LogP contribution is 2.45. The molecule has 0 radical (unpaired) electrons. The second-order valence-electron chi connectivity index (χ2n) is 12.6. The van der Waals surface area contributed by atoms with Crippen LogP contribution in [0.25, 0.3) is 0 Å².